The number of aliphatic hydroxyl groups is 4. The molecule has 0 aromatic heterocycles. The van der Waals surface area contributed by atoms with Gasteiger partial charge in [-0.15, -0.1) is 0 Å². The van der Waals surface area contributed by atoms with E-state index in [0.717, 1.165) is 6.42 Å². The summed E-state index contributed by atoms with van der Waals surface area (Å²) >= 11 is 0. The number of alkyl halides is 1. The lowest BCUT2D eigenvalue weighted by Gasteiger charge is -2.64. The minimum absolute atomic E-state index is 0.0957. The highest BCUT2D eigenvalue weighted by Gasteiger charge is 2.72. The molecule has 0 bridgehead atoms. The van der Waals surface area contributed by atoms with Crippen molar-refractivity contribution in [1.29, 1.82) is 0 Å². The number of hydrogen-bond donors (Lipinski definition) is 5. The maximum absolute atomic E-state index is 17.2. The summed E-state index contributed by atoms with van der Waals surface area (Å²) in [5.41, 5.74) is -3.31. The summed E-state index contributed by atoms with van der Waals surface area (Å²) < 4.78 is 27.7. The van der Waals surface area contributed by atoms with Crippen LogP contribution in [0, 0.1) is 34.5 Å². The molecule has 5 fully saturated rings. The molecule has 4 saturated carbocycles. The van der Waals surface area contributed by atoms with Crippen LogP contribution >= 0.6 is 0 Å². The van der Waals surface area contributed by atoms with E-state index in [9.17, 15) is 39.9 Å². The smallest absolute Gasteiger partial charge is 0.335 e. The molecule has 214 valence electrons. The van der Waals surface area contributed by atoms with Gasteiger partial charge in [0, 0.05) is 24.2 Å². The summed E-state index contributed by atoms with van der Waals surface area (Å²) in [5, 5.41) is 50.6. The molecule has 5 aliphatic rings. The third-order valence-electron chi connectivity index (χ3n) is 11.1. The summed E-state index contributed by atoms with van der Waals surface area (Å²) in [7, 11) is 0. The Bertz CT molecular complexity index is 991. The molecule has 0 aromatic carbocycles. The topological polar surface area (TPSA) is 171 Å². The zero-order chi connectivity index (χ0) is 27.8. The predicted octanol–water partition coefficient (Wildman–Crippen LogP) is 0.755. The van der Waals surface area contributed by atoms with Crippen molar-refractivity contribution in [2.24, 2.45) is 34.5 Å². The highest BCUT2D eigenvalue weighted by Crippen LogP contribution is 2.70. The number of fused-ring (bicyclic) bond motifs is 5. The normalized spacial score (nSPS) is 52.6. The van der Waals surface area contributed by atoms with Gasteiger partial charge in [-0.05, 0) is 61.7 Å². The Balaban J connectivity index is 1.31. The summed E-state index contributed by atoms with van der Waals surface area (Å²) in [5.74, 6) is -2.93. The van der Waals surface area contributed by atoms with Gasteiger partial charge in [-0.25, -0.2) is 9.18 Å². The average molecular weight is 543 g/mol. The first-order valence-electron chi connectivity index (χ1n) is 13.7. The Labute approximate surface area is 220 Å². The third-order valence-corrected chi connectivity index (χ3v) is 11.1. The van der Waals surface area contributed by atoms with Crippen LogP contribution in [-0.4, -0.2) is 92.2 Å². The Kier molecular flexibility index (Phi) is 7.05. The first kappa shape index (κ1) is 28.0. The summed E-state index contributed by atoms with van der Waals surface area (Å²) in [6, 6.07) is 0. The number of ether oxygens (including phenoxy) is 2. The van der Waals surface area contributed by atoms with Gasteiger partial charge in [0.05, 0.1) is 6.10 Å². The molecule has 4 aliphatic carbocycles. The molecule has 0 amide bonds. The number of aliphatic hydroxyl groups excluding tert-OH is 4. The summed E-state index contributed by atoms with van der Waals surface area (Å²) in [4.78, 5) is 36.8. The molecule has 5 N–H and O–H groups in total. The number of carboxylic acid groups (broad SMARTS) is 1. The van der Waals surface area contributed by atoms with Gasteiger partial charge in [0.2, 0.25) is 0 Å². The molecule has 0 spiro atoms. The second-order valence-corrected chi connectivity index (χ2v) is 12.8. The lowest BCUT2D eigenvalue weighted by atomic mass is 9.42. The number of rotatable bonds is 5. The van der Waals surface area contributed by atoms with E-state index in [1.165, 1.54) is 0 Å². The number of carbonyl (C=O) groups is 3. The third kappa shape index (κ3) is 3.91. The molecule has 1 unspecified atom stereocenters. The van der Waals surface area contributed by atoms with Crippen LogP contribution in [0.1, 0.15) is 65.2 Å². The highest BCUT2D eigenvalue weighted by molar-refractivity contribution is 5.83. The Morgan fingerprint density at radius 3 is 2.39 bits per heavy atom. The second kappa shape index (κ2) is 9.55. The zero-order valence-corrected chi connectivity index (χ0v) is 21.8. The van der Waals surface area contributed by atoms with E-state index >= 15 is 4.39 Å². The first-order chi connectivity index (χ1) is 17.8. The molecule has 10 nitrogen and oxygen atoms in total. The highest BCUT2D eigenvalue weighted by atomic mass is 19.1. The number of halogens is 1. The summed E-state index contributed by atoms with van der Waals surface area (Å²) in [6.07, 6.45) is -6.65. The van der Waals surface area contributed by atoms with Crippen LogP contribution in [-0.2, 0) is 23.9 Å². The van der Waals surface area contributed by atoms with Gasteiger partial charge in [0.1, 0.15) is 36.4 Å². The second-order valence-electron chi connectivity index (χ2n) is 12.8. The van der Waals surface area contributed by atoms with E-state index < -0.39 is 77.7 Å². The van der Waals surface area contributed by atoms with Crippen LogP contribution in [0.5, 0.6) is 0 Å². The number of Topliss-reactive ketones (excluding diaryl/α,β-unsaturated/α-hetero) is 2. The van der Waals surface area contributed by atoms with Gasteiger partial charge in [-0.3, -0.25) is 9.59 Å². The molecule has 1 saturated heterocycles. The van der Waals surface area contributed by atoms with Crippen LogP contribution in [0.2, 0.25) is 0 Å². The van der Waals surface area contributed by atoms with Crippen LogP contribution in [0.25, 0.3) is 0 Å². The standard InChI is InChI=1S/C27H39FO10/c1-25-10-18(31)27(28)15(4-3-12-9-13(29)7-8-26(12,27)2)14(25)5-6-16(25)17(30)11-37-24-21(34)19(32)20(33)22(38-24)23(35)36/h12,14-16,18-22,24,31-34H,3-11H2,1-2H3,(H,35,36)/t12-,14+,15+,16-,18-,19+,20+,21-,22+,24?,25+,26+,27+/m1/s1. The first-order valence-corrected chi connectivity index (χ1v) is 13.7. The maximum Gasteiger partial charge on any atom is 0.335 e. The van der Waals surface area contributed by atoms with Gasteiger partial charge < -0.3 is 35.0 Å². The van der Waals surface area contributed by atoms with Gasteiger partial charge >= 0.3 is 5.97 Å². The Hall–Kier alpha value is -1.50. The summed E-state index contributed by atoms with van der Waals surface area (Å²) in [6.45, 7) is 3.27. The van der Waals surface area contributed by atoms with Crippen LogP contribution in [0.4, 0.5) is 4.39 Å². The molecule has 1 heterocycles. The van der Waals surface area contributed by atoms with E-state index in [4.69, 9.17) is 9.47 Å². The molecule has 13 atom stereocenters. The maximum atomic E-state index is 17.2. The number of carboxylic acids is 1. The van der Waals surface area contributed by atoms with Crippen molar-refractivity contribution < 1.29 is 53.8 Å². The lowest BCUT2D eigenvalue weighted by Crippen LogP contribution is -2.69. The fourth-order valence-electron chi connectivity index (χ4n) is 9.03. The van der Waals surface area contributed by atoms with Crippen LogP contribution in [0.15, 0.2) is 0 Å². The van der Waals surface area contributed by atoms with Crippen molar-refractivity contribution >= 4 is 17.5 Å². The molecular formula is C27H39FO10. The molecule has 0 radical (unpaired) electrons. The van der Waals surface area contributed by atoms with Crippen molar-refractivity contribution in [1.82, 2.24) is 0 Å². The number of aliphatic carboxylic acids is 1. The molecule has 11 heteroatoms. The van der Waals surface area contributed by atoms with Gasteiger partial charge in [-0.1, -0.05) is 13.8 Å². The van der Waals surface area contributed by atoms with Gasteiger partial charge in [0.15, 0.2) is 18.2 Å². The van der Waals surface area contributed by atoms with E-state index in [1.54, 1.807) is 0 Å². The number of hydrogen-bond acceptors (Lipinski definition) is 9. The average Bonchev–Trinajstić information content (AvgIpc) is 3.19. The molecular weight excluding hydrogens is 503 g/mol. The SMILES string of the molecule is C[C@]12C[C@@H](O)[C@@]3(F)[C@@H](CC[C@@H]4CC(=O)CC[C@@]43C)[C@@H]1CC[C@@H]2C(=O)COC1O[C@H](C(=O)O)[C@@H](O)[C@H](O)[C@H]1O. The minimum atomic E-state index is -1.86. The molecule has 38 heavy (non-hydrogen) atoms. The molecule has 0 aromatic rings. The fourth-order valence-corrected chi connectivity index (χ4v) is 9.03. The van der Waals surface area contributed by atoms with E-state index in [1.807, 2.05) is 13.8 Å². The number of ketones is 2. The van der Waals surface area contributed by atoms with Gasteiger partial charge in [0.25, 0.3) is 0 Å². The van der Waals surface area contributed by atoms with E-state index in [2.05, 4.69) is 0 Å². The van der Waals surface area contributed by atoms with Crippen molar-refractivity contribution in [3.63, 3.8) is 0 Å². The van der Waals surface area contributed by atoms with E-state index in [-0.39, 0.29) is 29.8 Å². The van der Waals surface area contributed by atoms with E-state index in [0.29, 0.717) is 38.5 Å². The quantitative estimate of drug-likeness (QED) is 0.334. The van der Waals surface area contributed by atoms with Crippen molar-refractivity contribution in [2.75, 3.05) is 6.61 Å². The lowest BCUT2D eigenvalue weighted by molar-refractivity contribution is -0.292. The minimum Gasteiger partial charge on any atom is -0.479 e. The zero-order valence-electron chi connectivity index (χ0n) is 21.8. The Morgan fingerprint density at radius 1 is 1.03 bits per heavy atom. The monoisotopic (exact) mass is 542 g/mol. The van der Waals surface area contributed by atoms with Crippen molar-refractivity contribution in [2.45, 2.75) is 108 Å². The molecule has 5 rings (SSSR count). The van der Waals surface area contributed by atoms with Crippen LogP contribution < -0.4 is 0 Å². The van der Waals surface area contributed by atoms with Crippen LogP contribution in [0.3, 0.4) is 0 Å². The predicted molar refractivity (Wildman–Crippen MR) is 127 cm³/mol. The largest absolute Gasteiger partial charge is 0.479 e. The molecule has 1 aliphatic heterocycles. The number of carbonyl (C=O) groups excluding carboxylic acids is 2. The van der Waals surface area contributed by atoms with Gasteiger partial charge in [-0.2, -0.15) is 0 Å². The fraction of sp³-hybridized carbons (Fsp3) is 0.889. The van der Waals surface area contributed by atoms with Crippen molar-refractivity contribution in [3.8, 4) is 0 Å². The Morgan fingerprint density at radius 2 is 1.71 bits per heavy atom. The van der Waals surface area contributed by atoms with Crippen molar-refractivity contribution in [3.05, 3.63) is 0 Å².